The highest BCUT2D eigenvalue weighted by Crippen LogP contribution is 2.57. The molecule has 56 heavy (non-hydrogen) atoms. The van der Waals surface area contributed by atoms with Gasteiger partial charge in [-0.1, -0.05) is 30.4 Å². The lowest BCUT2D eigenvalue weighted by atomic mass is 9.77. The third-order valence-corrected chi connectivity index (χ3v) is 11.3. The highest BCUT2D eigenvalue weighted by atomic mass is 32.1. The SMILES string of the molecule is O=C1/C=C/[C@@H](O)[C@@H]2C[C@@H](O)C[C@H]2/C=C/CCC[C@H](CCc2ccc(NC(=S)Nc3ccc4c(c3)C(=O)OC43c4ccc(O)cc4Oc4cc(O)ccc43)cc2)O1. The fourth-order valence-corrected chi connectivity index (χ4v) is 8.60. The zero-order valence-corrected chi connectivity index (χ0v) is 31.2. The molecule has 3 aliphatic heterocycles. The van der Waals surface area contributed by atoms with Gasteiger partial charge in [-0.15, -0.1) is 0 Å². The number of nitrogens with one attached hydrogen (secondary N) is 2. The lowest BCUT2D eigenvalue weighted by molar-refractivity contribution is -0.143. The van der Waals surface area contributed by atoms with Gasteiger partial charge in [0.1, 0.15) is 29.1 Å². The summed E-state index contributed by atoms with van der Waals surface area (Å²) in [5.74, 6) is -0.485. The van der Waals surface area contributed by atoms with Crippen molar-refractivity contribution >= 4 is 40.6 Å². The maximum absolute atomic E-state index is 13.5. The number of carbonyl (C=O) groups excluding carboxylic acids is 2. The number of esters is 2. The van der Waals surface area contributed by atoms with Crippen LogP contribution in [0.4, 0.5) is 11.4 Å². The van der Waals surface area contributed by atoms with Gasteiger partial charge in [0, 0.05) is 46.3 Å². The second kappa shape index (κ2) is 15.4. The molecule has 0 aromatic heterocycles. The molecule has 0 amide bonds. The molecule has 11 nitrogen and oxygen atoms in total. The van der Waals surface area contributed by atoms with E-state index in [0.717, 1.165) is 24.1 Å². The number of ether oxygens (including phenoxy) is 3. The highest BCUT2D eigenvalue weighted by Gasteiger charge is 2.53. The number of aliphatic hydroxyl groups excluding tert-OH is 2. The van der Waals surface area contributed by atoms with Gasteiger partial charge in [0.05, 0.1) is 17.8 Å². The number of cyclic esters (lactones) is 1. The molecule has 4 aliphatic rings. The van der Waals surface area contributed by atoms with Crippen molar-refractivity contribution < 1.29 is 44.2 Å². The fourth-order valence-electron chi connectivity index (χ4n) is 8.37. The lowest BCUT2D eigenvalue weighted by Gasteiger charge is -2.36. The predicted molar refractivity (Wildman–Crippen MR) is 213 cm³/mol. The molecule has 4 aromatic rings. The van der Waals surface area contributed by atoms with Crippen LogP contribution in [0.25, 0.3) is 0 Å². The van der Waals surface area contributed by atoms with Crippen molar-refractivity contribution in [3.8, 4) is 23.0 Å². The molecular weight excluding hydrogens is 733 g/mol. The normalized spacial score (nSPS) is 24.6. The molecule has 3 heterocycles. The summed E-state index contributed by atoms with van der Waals surface area (Å²) in [6, 6.07) is 22.3. The van der Waals surface area contributed by atoms with Gasteiger partial charge in [0.2, 0.25) is 0 Å². The van der Waals surface area contributed by atoms with Crippen LogP contribution in [0.2, 0.25) is 0 Å². The van der Waals surface area contributed by atoms with Crippen molar-refractivity contribution in [3.05, 3.63) is 131 Å². The van der Waals surface area contributed by atoms with E-state index in [4.69, 9.17) is 26.4 Å². The van der Waals surface area contributed by atoms with E-state index in [0.29, 0.717) is 76.7 Å². The van der Waals surface area contributed by atoms with Gasteiger partial charge >= 0.3 is 11.9 Å². The number of carbonyl (C=O) groups is 2. The molecule has 8 rings (SSSR count). The topological polar surface area (TPSA) is 167 Å². The summed E-state index contributed by atoms with van der Waals surface area (Å²) < 4.78 is 18.0. The number of benzene rings is 4. The smallest absolute Gasteiger partial charge is 0.340 e. The number of aryl methyl sites for hydroxylation is 1. The lowest BCUT2D eigenvalue weighted by Crippen LogP contribution is -2.32. The van der Waals surface area contributed by atoms with Crippen LogP contribution in [0, 0.1) is 11.8 Å². The Hall–Kier alpha value is -5.69. The largest absolute Gasteiger partial charge is 0.508 e. The van der Waals surface area contributed by atoms with Crippen molar-refractivity contribution in [2.45, 2.75) is 68.9 Å². The van der Waals surface area contributed by atoms with E-state index in [1.807, 2.05) is 24.3 Å². The second-order valence-corrected chi connectivity index (χ2v) is 15.2. The Labute approximate surface area is 329 Å². The number of hydrogen-bond acceptors (Lipinski definition) is 10. The molecule has 1 fully saturated rings. The first-order valence-electron chi connectivity index (χ1n) is 18.9. The van der Waals surface area contributed by atoms with Gasteiger partial charge in [0.25, 0.3) is 0 Å². The number of aliphatic hydroxyl groups is 2. The van der Waals surface area contributed by atoms with Crippen molar-refractivity contribution in [2.75, 3.05) is 10.6 Å². The van der Waals surface area contributed by atoms with Crippen molar-refractivity contribution in [1.82, 2.24) is 0 Å². The molecule has 0 radical (unpaired) electrons. The van der Waals surface area contributed by atoms with Crippen molar-refractivity contribution in [3.63, 3.8) is 0 Å². The highest BCUT2D eigenvalue weighted by molar-refractivity contribution is 7.80. The molecular formula is C44H42N2O9S. The Balaban J connectivity index is 0.902. The van der Waals surface area contributed by atoms with Crippen LogP contribution in [0.3, 0.4) is 0 Å². The van der Waals surface area contributed by atoms with Gasteiger partial charge in [-0.2, -0.15) is 0 Å². The second-order valence-electron chi connectivity index (χ2n) is 14.8. The van der Waals surface area contributed by atoms with E-state index in [9.17, 15) is 30.0 Å². The summed E-state index contributed by atoms with van der Waals surface area (Å²) in [6.07, 6.45) is 10.4. The number of aromatic hydroxyl groups is 2. The molecule has 4 aromatic carbocycles. The van der Waals surface area contributed by atoms with Crippen LogP contribution >= 0.6 is 12.2 Å². The number of hydrogen-bond donors (Lipinski definition) is 6. The molecule has 0 unspecified atom stereocenters. The van der Waals surface area contributed by atoms with E-state index in [2.05, 4.69) is 22.8 Å². The van der Waals surface area contributed by atoms with Crippen LogP contribution in [-0.2, 0) is 26.3 Å². The number of allylic oxidation sites excluding steroid dienone is 2. The zero-order chi connectivity index (χ0) is 39.0. The van der Waals surface area contributed by atoms with Crippen LogP contribution < -0.4 is 15.4 Å². The van der Waals surface area contributed by atoms with Crippen LogP contribution in [0.15, 0.2) is 103 Å². The van der Waals surface area contributed by atoms with Crippen LogP contribution in [-0.4, -0.2) is 55.8 Å². The maximum atomic E-state index is 13.5. The van der Waals surface area contributed by atoms with E-state index in [-0.39, 0.29) is 29.4 Å². The maximum Gasteiger partial charge on any atom is 0.340 e. The Bertz CT molecular complexity index is 2180. The average Bonchev–Trinajstić information content (AvgIpc) is 3.68. The third-order valence-electron chi connectivity index (χ3n) is 11.1. The van der Waals surface area contributed by atoms with Gasteiger partial charge < -0.3 is 45.3 Å². The number of thiocarbonyl (C=S) groups is 1. The quantitative estimate of drug-likeness (QED) is 0.0679. The monoisotopic (exact) mass is 774 g/mol. The van der Waals surface area contributed by atoms with E-state index in [1.54, 1.807) is 30.3 Å². The van der Waals surface area contributed by atoms with Gasteiger partial charge in [-0.05, 0) is 129 Å². The summed E-state index contributed by atoms with van der Waals surface area (Å²) in [7, 11) is 0. The Morgan fingerprint density at radius 3 is 2.23 bits per heavy atom. The minimum Gasteiger partial charge on any atom is -0.508 e. The van der Waals surface area contributed by atoms with E-state index < -0.39 is 29.7 Å². The van der Waals surface area contributed by atoms with Crippen LogP contribution in [0.1, 0.15) is 71.1 Å². The van der Waals surface area contributed by atoms with E-state index in [1.165, 1.54) is 36.4 Å². The molecule has 0 bridgehead atoms. The number of fused-ring (bicyclic) bond motifs is 7. The molecule has 1 saturated carbocycles. The number of anilines is 2. The van der Waals surface area contributed by atoms with Crippen molar-refractivity contribution in [1.29, 1.82) is 0 Å². The molecule has 1 spiro atoms. The van der Waals surface area contributed by atoms with Gasteiger partial charge in [-0.25, -0.2) is 9.59 Å². The zero-order valence-electron chi connectivity index (χ0n) is 30.4. The number of phenolic OH excluding ortho intramolecular Hbond substituents is 2. The molecule has 6 N–H and O–H groups in total. The molecule has 1 aliphatic carbocycles. The van der Waals surface area contributed by atoms with Crippen molar-refractivity contribution in [2.24, 2.45) is 11.8 Å². The molecule has 12 heteroatoms. The summed E-state index contributed by atoms with van der Waals surface area (Å²) >= 11 is 5.62. The molecule has 0 saturated heterocycles. The minimum absolute atomic E-state index is 0.0180. The summed E-state index contributed by atoms with van der Waals surface area (Å²) in [5, 5.41) is 47.9. The summed E-state index contributed by atoms with van der Waals surface area (Å²) in [6.45, 7) is 0. The Morgan fingerprint density at radius 2 is 1.50 bits per heavy atom. The Morgan fingerprint density at radius 1 is 0.821 bits per heavy atom. The van der Waals surface area contributed by atoms with Gasteiger partial charge in [0.15, 0.2) is 10.7 Å². The summed E-state index contributed by atoms with van der Waals surface area (Å²) in [5.41, 5.74) is 3.04. The first-order valence-corrected chi connectivity index (χ1v) is 19.3. The first-order chi connectivity index (χ1) is 27.0. The van der Waals surface area contributed by atoms with Crippen LogP contribution in [0.5, 0.6) is 23.0 Å². The van der Waals surface area contributed by atoms with E-state index >= 15 is 0 Å². The fraction of sp³-hybridized carbons (Fsp3) is 0.295. The summed E-state index contributed by atoms with van der Waals surface area (Å²) in [4.78, 5) is 26.2. The molecule has 288 valence electrons. The van der Waals surface area contributed by atoms with Gasteiger partial charge in [-0.3, -0.25) is 0 Å². The third kappa shape index (κ3) is 7.47. The number of phenols is 2. The number of rotatable bonds is 5. The first kappa shape index (κ1) is 37.2. The predicted octanol–water partition coefficient (Wildman–Crippen LogP) is 7.36. The minimum atomic E-state index is -1.35. The average molecular weight is 775 g/mol. The molecule has 5 atom stereocenters. The Kier molecular flexibility index (Phi) is 10.3. The standard InChI is InChI=1S/C44H42N2O9S/c47-29-12-16-36-39(23-29)54-40-24-30(48)13-17-37(40)44(36)35-15-11-28(21-34(35)42(52)55-44)46-43(56)45-27-9-6-25(7-10-27)8-14-32-5-3-1-2-4-26-20-31(49)22-33(26)38(50)18-19-41(51)53-32/h2,4,6-7,9-13,15-19,21,23-24,26,31-33,38,47-50H,1,3,5,8,14,20,22H2,(H2,45,46,56)/b4-2+,19-18+/t26-,31+,32-,33-,38-/m1/s1.